The molecular formula is C12H13BrClN3O2. The van der Waals surface area contributed by atoms with Gasteiger partial charge in [0.25, 0.3) is 5.91 Å². The summed E-state index contributed by atoms with van der Waals surface area (Å²) in [4.78, 5) is 14.1. The zero-order chi connectivity index (χ0) is 14.0. The molecule has 1 aliphatic heterocycles. The maximum absolute atomic E-state index is 12.5. The highest BCUT2D eigenvalue weighted by Crippen LogP contribution is 2.26. The Bertz CT molecular complexity index is 536. The minimum atomic E-state index is -0.358. The molecule has 1 aromatic rings. The number of oxime groups is 1. The molecule has 3 N–H and O–H groups in total. The first kappa shape index (κ1) is 14.1. The van der Waals surface area contributed by atoms with E-state index in [4.69, 9.17) is 22.5 Å². The van der Waals surface area contributed by atoms with Gasteiger partial charge in [-0.2, -0.15) is 0 Å². The third-order valence-electron chi connectivity index (χ3n) is 3.13. The number of amidine groups is 1. The average Bonchev–Trinajstić information content (AvgIpc) is 2.89. The summed E-state index contributed by atoms with van der Waals surface area (Å²) in [5.41, 5.74) is 6.10. The predicted molar refractivity (Wildman–Crippen MR) is 76.6 cm³/mol. The average molecular weight is 347 g/mol. The lowest BCUT2D eigenvalue weighted by Crippen LogP contribution is -2.44. The Morgan fingerprint density at radius 1 is 1.58 bits per heavy atom. The predicted octanol–water partition coefficient (Wildman–Crippen LogP) is 2.45. The smallest absolute Gasteiger partial charge is 0.255 e. The van der Waals surface area contributed by atoms with Gasteiger partial charge in [-0.25, -0.2) is 0 Å². The first-order valence-electron chi connectivity index (χ1n) is 5.78. The van der Waals surface area contributed by atoms with Crippen molar-refractivity contribution in [2.45, 2.75) is 18.9 Å². The molecule has 1 unspecified atom stereocenters. The van der Waals surface area contributed by atoms with Crippen molar-refractivity contribution in [1.82, 2.24) is 4.90 Å². The Morgan fingerprint density at radius 2 is 2.32 bits per heavy atom. The summed E-state index contributed by atoms with van der Waals surface area (Å²) >= 11 is 9.25. The Morgan fingerprint density at radius 3 is 3.00 bits per heavy atom. The van der Waals surface area contributed by atoms with Crippen LogP contribution in [0.2, 0.25) is 5.02 Å². The lowest BCUT2D eigenvalue weighted by molar-refractivity contribution is 0.0767. The number of nitrogens with zero attached hydrogens (tertiary/aromatic N) is 2. The van der Waals surface area contributed by atoms with Crippen molar-refractivity contribution in [3.05, 3.63) is 33.3 Å². The zero-order valence-corrected chi connectivity index (χ0v) is 12.4. The summed E-state index contributed by atoms with van der Waals surface area (Å²) in [6.45, 7) is 0.582. The fourth-order valence-electron chi connectivity index (χ4n) is 2.20. The molecule has 0 bridgehead atoms. The number of carbonyl (C=O) groups is 1. The number of hydrogen-bond acceptors (Lipinski definition) is 3. The second-order valence-corrected chi connectivity index (χ2v) is 5.60. The highest BCUT2D eigenvalue weighted by atomic mass is 79.9. The summed E-state index contributed by atoms with van der Waals surface area (Å²) in [6.07, 6.45) is 1.52. The van der Waals surface area contributed by atoms with Crippen molar-refractivity contribution in [3.63, 3.8) is 0 Å². The van der Waals surface area contributed by atoms with Gasteiger partial charge in [0.2, 0.25) is 0 Å². The number of nitrogens with two attached hydrogens (primary N) is 1. The minimum Gasteiger partial charge on any atom is -0.409 e. The molecule has 0 radical (unpaired) electrons. The van der Waals surface area contributed by atoms with E-state index in [2.05, 4.69) is 21.1 Å². The minimum absolute atomic E-state index is 0.0593. The number of likely N-dealkylation sites (tertiary alicyclic amines) is 1. The molecule has 1 aromatic carbocycles. The van der Waals surface area contributed by atoms with E-state index in [-0.39, 0.29) is 17.8 Å². The van der Waals surface area contributed by atoms with E-state index in [9.17, 15) is 4.79 Å². The molecule has 0 spiro atoms. The van der Waals surface area contributed by atoms with Crippen LogP contribution in [0.5, 0.6) is 0 Å². The molecule has 1 heterocycles. The van der Waals surface area contributed by atoms with E-state index in [1.54, 1.807) is 23.1 Å². The highest BCUT2D eigenvalue weighted by Gasteiger charge is 2.33. The van der Waals surface area contributed by atoms with Crippen LogP contribution in [0.4, 0.5) is 0 Å². The van der Waals surface area contributed by atoms with E-state index >= 15 is 0 Å². The number of benzene rings is 1. The number of hydrogen-bond donors (Lipinski definition) is 2. The third kappa shape index (κ3) is 2.84. The fourth-order valence-corrected chi connectivity index (χ4v) is 2.79. The summed E-state index contributed by atoms with van der Waals surface area (Å²) in [5, 5.41) is 12.2. The van der Waals surface area contributed by atoms with Gasteiger partial charge < -0.3 is 15.8 Å². The van der Waals surface area contributed by atoms with Gasteiger partial charge in [-0.3, -0.25) is 4.79 Å². The zero-order valence-electron chi connectivity index (χ0n) is 10.0. The topological polar surface area (TPSA) is 78.9 Å². The SMILES string of the molecule is N/C(=N/O)C1CCCN1C(=O)c1cc(Cl)ccc1Br. The number of halogens is 2. The molecule has 102 valence electrons. The van der Waals surface area contributed by atoms with E-state index in [0.29, 0.717) is 28.0 Å². The van der Waals surface area contributed by atoms with Gasteiger partial charge >= 0.3 is 0 Å². The normalized spacial score (nSPS) is 19.8. The maximum Gasteiger partial charge on any atom is 0.255 e. The first-order valence-corrected chi connectivity index (χ1v) is 6.95. The molecule has 1 fully saturated rings. The largest absolute Gasteiger partial charge is 0.409 e. The quantitative estimate of drug-likeness (QED) is 0.374. The van der Waals surface area contributed by atoms with Crippen LogP contribution in [0, 0.1) is 0 Å². The van der Waals surface area contributed by atoms with Crippen molar-refractivity contribution in [1.29, 1.82) is 0 Å². The third-order valence-corrected chi connectivity index (χ3v) is 4.06. The van der Waals surface area contributed by atoms with Gasteiger partial charge in [0.1, 0.15) is 0 Å². The van der Waals surface area contributed by atoms with Crippen LogP contribution < -0.4 is 5.73 Å². The summed E-state index contributed by atoms with van der Waals surface area (Å²) in [6, 6.07) is 4.68. The number of rotatable bonds is 2. The monoisotopic (exact) mass is 345 g/mol. The van der Waals surface area contributed by atoms with Gasteiger partial charge in [-0.1, -0.05) is 16.8 Å². The van der Waals surface area contributed by atoms with Crippen molar-refractivity contribution in [2.24, 2.45) is 10.9 Å². The van der Waals surface area contributed by atoms with Crippen molar-refractivity contribution >= 4 is 39.3 Å². The van der Waals surface area contributed by atoms with Crippen LogP contribution in [0.25, 0.3) is 0 Å². The summed E-state index contributed by atoms with van der Waals surface area (Å²) in [7, 11) is 0. The Balaban J connectivity index is 2.31. The Kier molecular flexibility index (Phi) is 4.31. The van der Waals surface area contributed by atoms with Crippen LogP contribution in [0.1, 0.15) is 23.2 Å². The molecule has 0 aromatic heterocycles. The van der Waals surface area contributed by atoms with Crippen molar-refractivity contribution in [3.8, 4) is 0 Å². The van der Waals surface area contributed by atoms with Crippen LogP contribution in [0.3, 0.4) is 0 Å². The van der Waals surface area contributed by atoms with Crippen molar-refractivity contribution in [2.75, 3.05) is 6.54 Å². The van der Waals surface area contributed by atoms with E-state index < -0.39 is 0 Å². The van der Waals surface area contributed by atoms with E-state index in [1.165, 1.54) is 0 Å². The molecule has 0 aliphatic carbocycles. The summed E-state index contributed by atoms with van der Waals surface area (Å²) < 4.78 is 0.673. The van der Waals surface area contributed by atoms with Gasteiger partial charge in [0.15, 0.2) is 5.84 Å². The molecular weight excluding hydrogens is 334 g/mol. The molecule has 1 amide bonds. The molecule has 1 aliphatic rings. The molecule has 2 rings (SSSR count). The van der Waals surface area contributed by atoms with E-state index in [0.717, 1.165) is 6.42 Å². The van der Waals surface area contributed by atoms with Crippen LogP contribution in [-0.2, 0) is 0 Å². The molecule has 0 saturated carbocycles. The van der Waals surface area contributed by atoms with E-state index in [1.807, 2.05) is 0 Å². The van der Waals surface area contributed by atoms with Crippen LogP contribution in [-0.4, -0.2) is 34.4 Å². The molecule has 7 heteroatoms. The van der Waals surface area contributed by atoms with Gasteiger partial charge in [-0.15, -0.1) is 0 Å². The van der Waals surface area contributed by atoms with Gasteiger partial charge in [0.05, 0.1) is 11.6 Å². The Hall–Kier alpha value is -1.27. The standard InChI is InChI=1S/C12H13BrClN3O2/c13-9-4-3-7(14)6-8(9)12(18)17-5-1-2-10(17)11(15)16-19/h3-4,6,10,19H,1-2,5H2,(H2,15,16). The molecule has 5 nitrogen and oxygen atoms in total. The number of carbonyl (C=O) groups excluding carboxylic acids is 1. The summed E-state index contributed by atoms with van der Waals surface area (Å²) in [5.74, 6) is -0.118. The highest BCUT2D eigenvalue weighted by molar-refractivity contribution is 9.10. The fraction of sp³-hybridized carbons (Fsp3) is 0.333. The molecule has 1 atom stereocenters. The van der Waals surface area contributed by atoms with Crippen molar-refractivity contribution < 1.29 is 10.0 Å². The Labute approximate surface area is 124 Å². The second kappa shape index (κ2) is 5.79. The lowest BCUT2D eigenvalue weighted by atomic mass is 10.1. The maximum atomic E-state index is 12.5. The van der Waals surface area contributed by atoms with Crippen LogP contribution in [0.15, 0.2) is 27.8 Å². The first-order chi connectivity index (χ1) is 9.04. The molecule has 1 saturated heterocycles. The molecule has 19 heavy (non-hydrogen) atoms. The lowest BCUT2D eigenvalue weighted by Gasteiger charge is -2.24. The van der Waals surface area contributed by atoms with Gasteiger partial charge in [0, 0.05) is 16.0 Å². The van der Waals surface area contributed by atoms with Crippen LogP contribution >= 0.6 is 27.5 Å². The van der Waals surface area contributed by atoms with Gasteiger partial charge in [-0.05, 0) is 47.0 Å². The number of amides is 1. The second-order valence-electron chi connectivity index (χ2n) is 4.31.